The molecule has 1 unspecified atom stereocenters. The summed E-state index contributed by atoms with van der Waals surface area (Å²) >= 11 is 0. The van der Waals surface area contributed by atoms with Gasteiger partial charge in [0.1, 0.15) is 6.04 Å². The van der Waals surface area contributed by atoms with Crippen LogP contribution in [0, 0.1) is 5.92 Å². The number of hydrogen-bond acceptors (Lipinski definition) is 10. The predicted octanol–water partition coefficient (Wildman–Crippen LogP) is 4.05. The number of nitrogens with two attached hydrogens (primary N) is 1. The number of methoxy groups -OCH3 is 3. The number of rotatable bonds is 14. The van der Waals surface area contributed by atoms with Gasteiger partial charge in [0, 0.05) is 23.7 Å². The Morgan fingerprint density at radius 1 is 0.840 bits per heavy atom. The van der Waals surface area contributed by atoms with Gasteiger partial charge in [0.2, 0.25) is 5.75 Å². The van der Waals surface area contributed by atoms with Gasteiger partial charge in [-0.05, 0) is 49.6 Å². The summed E-state index contributed by atoms with van der Waals surface area (Å²) in [6.07, 6.45) is 0.496. The zero-order chi connectivity index (χ0) is 36.7. The number of amides is 2. The van der Waals surface area contributed by atoms with Crippen LogP contribution < -0.4 is 19.9 Å². The molecule has 1 aliphatic heterocycles. The molecule has 0 saturated carbocycles. The summed E-state index contributed by atoms with van der Waals surface area (Å²) in [6.45, 7) is 5.97. The molecule has 3 aromatic carbocycles. The second kappa shape index (κ2) is 15.8. The average molecular weight is 686 g/mol. The van der Waals surface area contributed by atoms with E-state index in [4.69, 9.17) is 24.7 Å². The molecule has 264 valence electrons. The molecule has 0 saturated heterocycles. The minimum atomic E-state index is -2.40. The molecule has 0 radical (unpaired) electrons. The van der Waals surface area contributed by atoms with Crippen LogP contribution in [0.3, 0.4) is 0 Å². The van der Waals surface area contributed by atoms with Gasteiger partial charge < -0.3 is 34.5 Å². The van der Waals surface area contributed by atoms with E-state index < -0.39 is 59.5 Å². The number of hydrogen-bond donors (Lipinski definition) is 1. The number of Topliss-reactive ketones (excluding diaryl/α,β-unsaturated/α-hetero) is 2. The van der Waals surface area contributed by atoms with Crippen molar-refractivity contribution in [3.8, 4) is 17.2 Å². The van der Waals surface area contributed by atoms with Gasteiger partial charge in [-0.25, -0.2) is 4.79 Å². The van der Waals surface area contributed by atoms with Crippen LogP contribution in [-0.2, 0) is 30.3 Å². The van der Waals surface area contributed by atoms with Gasteiger partial charge in [-0.2, -0.15) is 0 Å². The Balaban J connectivity index is 1.92. The molecule has 1 heterocycles. The zero-order valence-electron chi connectivity index (χ0n) is 29.3. The van der Waals surface area contributed by atoms with Crippen LogP contribution in [0.1, 0.15) is 49.2 Å². The van der Waals surface area contributed by atoms with E-state index in [1.165, 1.54) is 37.3 Å². The van der Waals surface area contributed by atoms with E-state index in [1.54, 1.807) is 100 Å². The van der Waals surface area contributed by atoms with Crippen molar-refractivity contribution in [1.29, 1.82) is 0 Å². The lowest BCUT2D eigenvalue weighted by Crippen LogP contribution is -2.63. The molecule has 0 spiro atoms. The predicted molar refractivity (Wildman–Crippen MR) is 185 cm³/mol. The Morgan fingerprint density at radius 3 is 1.90 bits per heavy atom. The maximum atomic E-state index is 14.6. The van der Waals surface area contributed by atoms with Gasteiger partial charge in [0.05, 0.1) is 39.7 Å². The third-order valence-electron chi connectivity index (χ3n) is 8.28. The summed E-state index contributed by atoms with van der Waals surface area (Å²) in [5, 5.41) is 0. The molecule has 1 aliphatic rings. The molecule has 0 bridgehead atoms. The Bertz CT molecular complexity index is 1750. The highest BCUT2D eigenvalue weighted by Crippen LogP contribution is 2.42. The molecule has 12 nitrogen and oxygen atoms in total. The molecule has 4 rings (SSSR count). The third-order valence-corrected chi connectivity index (χ3v) is 8.28. The first-order chi connectivity index (χ1) is 23.8. The largest absolute Gasteiger partial charge is 0.493 e. The van der Waals surface area contributed by atoms with Crippen LogP contribution in [0.5, 0.6) is 17.2 Å². The van der Waals surface area contributed by atoms with Crippen LogP contribution in [0.2, 0.25) is 0 Å². The van der Waals surface area contributed by atoms with E-state index in [0.717, 1.165) is 0 Å². The first kappa shape index (κ1) is 37.3. The van der Waals surface area contributed by atoms with Crippen LogP contribution in [0.15, 0.2) is 79.0 Å². The number of carbonyl (C=O) groups excluding carboxylic acids is 5. The molecule has 0 aromatic heterocycles. The summed E-state index contributed by atoms with van der Waals surface area (Å²) in [7, 11) is 4.30. The van der Waals surface area contributed by atoms with E-state index in [0.29, 0.717) is 16.7 Å². The lowest BCUT2D eigenvalue weighted by atomic mass is 9.82. The summed E-state index contributed by atoms with van der Waals surface area (Å²) in [6, 6.07) is 19.1. The number of esters is 1. The number of carbonyl (C=O) groups is 5. The molecule has 3 aromatic rings. The van der Waals surface area contributed by atoms with Gasteiger partial charge in [0.15, 0.2) is 22.8 Å². The Labute approximate surface area is 291 Å². The van der Waals surface area contributed by atoms with Crippen molar-refractivity contribution in [3.63, 3.8) is 0 Å². The van der Waals surface area contributed by atoms with Gasteiger partial charge in [0.25, 0.3) is 17.6 Å². The van der Waals surface area contributed by atoms with Gasteiger partial charge in [-0.15, -0.1) is 0 Å². The minimum Gasteiger partial charge on any atom is -0.493 e. The van der Waals surface area contributed by atoms with E-state index in [1.807, 2.05) is 0 Å². The fourth-order valence-corrected chi connectivity index (χ4v) is 5.78. The maximum Gasteiger partial charge on any atom is 0.377 e. The van der Waals surface area contributed by atoms with Crippen molar-refractivity contribution in [1.82, 2.24) is 9.80 Å². The van der Waals surface area contributed by atoms with E-state index in [2.05, 4.69) is 0 Å². The Hall–Kier alpha value is -5.49. The lowest BCUT2D eigenvalue weighted by Gasteiger charge is -2.42. The molecule has 0 fully saturated rings. The molecule has 2 N–H and O–H groups in total. The zero-order valence-corrected chi connectivity index (χ0v) is 29.3. The first-order valence-electron chi connectivity index (χ1n) is 16.1. The van der Waals surface area contributed by atoms with Crippen LogP contribution in [-0.4, -0.2) is 84.7 Å². The highest BCUT2D eigenvalue weighted by molar-refractivity contribution is 6.42. The van der Waals surface area contributed by atoms with Crippen LogP contribution in [0.25, 0.3) is 5.70 Å². The van der Waals surface area contributed by atoms with Crippen LogP contribution >= 0.6 is 0 Å². The topological polar surface area (TPSA) is 155 Å². The second-order valence-electron chi connectivity index (χ2n) is 12.5. The maximum absolute atomic E-state index is 14.6. The number of nitrogens with zero attached hydrogens (tertiary/aromatic N) is 2. The summed E-state index contributed by atoms with van der Waals surface area (Å²) < 4.78 is 21.8. The smallest absolute Gasteiger partial charge is 0.377 e. The number of ether oxygens (including phenoxy) is 4. The standard InChI is InChI=1S/C38H43N3O9/c1-23(2)32-36(45)40(22-31(42)38(39,20-25-14-10-8-11-15-25)34(43)37(46)50-24(3)4)28(21-41(32)35(44)26-16-12-9-13-17-26)27-18-29(47-5)33(49-7)30(19-27)48-6/h8-19,21,23-24,32H,20,22,39H2,1-7H3/t32?,38-/m0/s1. The van der Waals surface area contributed by atoms with Crippen LogP contribution in [0.4, 0.5) is 0 Å². The van der Waals surface area contributed by atoms with E-state index in [9.17, 15) is 24.0 Å². The second-order valence-corrected chi connectivity index (χ2v) is 12.5. The summed E-state index contributed by atoms with van der Waals surface area (Å²) in [5.41, 5.74) is 5.53. The fraction of sp³-hybridized carbons (Fsp3) is 0.342. The average Bonchev–Trinajstić information content (AvgIpc) is 3.10. The quantitative estimate of drug-likeness (QED) is 0.149. The Kier molecular flexibility index (Phi) is 11.8. The monoisotopic (exact) mass is 685 g/mol. The molecular formula is C38H43N3O9. The van der Waals surface area contributed by atoms with Crippen molar-refractivity contribution < 1.29 is 42.9 Å². The number of benzene rings is 3. The SMILES string of the molecule is COc1cc(C2=CN(C(=O)c3ccccc3)C(C(C)C)C(=O)N2CC(=O)[C@@](N)(Cc2ccccc2)C(=O)C(=O)OC(C)C)cc(OC)c1OC. The molecule has 50 heavy (non-hydrogen) atoms. The van der Waals surface area contributed by atoms with Crippen molar-refractivity contribution in [2.75, 3.05) is 27.9 Å². The third kappa shape index (κ3) is 7.70. The highest BCUT2D eigenvalue weighted by atomic mass is 16.5. The highest BCUT2D eigenvalue weighted by Gasteiger charge is 2.49. The van der Waals surface area contributed by atoms with E-state index in [-0.39, 0.29) is 29.4 Å². The first-order valence-corrected chi connectivity index (χ1v) is 16.1. The molecule has 12 heteroatoms. The lowest BCUT2D eigenvalue weighted by molar-refractivity contribution is -0.160. The number of ketones is 2. The molecule has 0 aliphatic carbocycles. The Morgan fingerprint density at radius 2 is 1.40 bits per heavy atom. The van der Waals surface area contributed by atoms with Crippen molar-refractivity contribution in [2.45, 2.75) is 51.8 Å². The van der Waals surface area contributed by atoms with Gasteiger partial charge in [-0.1, -0.05) is 62.4 Å². The molecule has 2 atom stereocenters. The van der Waals surface area contributed by atoms with Gasteiger partial charge >= 0.3 is 5.97 Å². The fourth-order valence-electron chi connectivity index (χ4n) is 5.78. The normalized spacial score (nSPS) is 15.7. The molecule has 2 amide bonds. The molecular weight excluding hydrogens is 642 g/mol. The van der Waals surface area contributed by atoms with Gasteiger partial charge in [-0.3, -0.25) is 19.2 Å². The minimum absolute atomic E-state index is 0.114. The van der Waals surface area contributed by atoms with E-state index >= 15 is 0 Å². The van der Waals surface area contributed by atoms with Crippen molar-refractivity contribution in [3.05, 3.63) is 95.7 Å². The summed E-state index contributed by atoms with van der Waals surface area (Å²) in [5.74, 6) is -4.13. The van der Waals surface area contributed by atoms with Crippen molar-refractivity contribution in [2.24, 2.45) is 11.7 Å². The summed E-state index contributed by atoms with van der Waals surface area (Å²) in [4.78, 5) is 72.2. The van der Waals surface area contributed by atoms with Crippen molar-refractivity contribution >= 4 is 35.0 Å².